The molecule has 0 aliphatic heterocycles. The first-order valence-electron chi connectivity index (χ1n) is 12.7. The Kier molecular flexibility index (Phi) is 7.20. The van der Waals surface area contributed by atoms with E-state index in [9.17, 15) is 4.79 Å². The average molecular weight is 501 g/mol. The summed E-state index contributed by atoms with van der Waals surface area (Å²) in [6.07, 6.45) is 8.10. The van der Waals surface area contributed by atoms with E-state index in [0.717, 1.165) is 28.1 Å². The molecule has 3 N–H and O–H groups in total. The van der Waals surface area contributed by atoms with Gasteiger partial charge in [-0.05, 0) is 55.5 Å². The molecule has 0 radical (unpaired) electrons. The molecule has 1 aliphatic carbocycles. The first-order valence-corrected chi connectivity index (χ1v) is 12.7. The van der Waals surface area contributed by atoms with Gasteiger partial charge in [0.25, 0.3) is 5.91 Å². The number of ether oxygens (including phenoxy) is 2. The van der Waals surface area contributed by atoms with E-state index in [1.165, 1.54) is 39.2 Å². The highest BCUT2D eigenvalue weighted by Crippen LogP contribution is 2.29. The molecule has 9 heteroatoms. The molecule has 0 bridgehead atoms. The molecule has 3 heterocycles. The van der Waals surface area contributed by atoms with Crippen molar-refractivity contribution in [2.24, 2.45) is 5.92 Å². The normalized spacial score (nSPS) is 14.0. The number of pyridine rings is 2. The summed E-state index contributed by atoms with van der Waals surface area (Å²) in [7, 11) is 1.51. The third-order valence-corrected chi connectivity index (χ3v) is 6.89. The minimum Gasteiger partial charge on any atom is -0.493 e. The summed E-state index contributed by atoms with van der Waals surface area (Å²) in [6.45, 7) is 2.92. The van der Waals surface area contributed by atoms with Crippen LogP contribution in [0.15, 0.2) is 48.7 Å². The van der Waals surface area contributed by atoms with Crippen molar-refractivity contribution in [3.63, 3.8) is 0 Å². The van der Waals surface area contributed by atoms with E-state index in [1.807, 2.05) is 43.3 Å². The molecule has 37 heavy (non-hydrogen) atoms. The van der Waals surface area contributed by atoms with Gasteiger partial charge in [0.2, 0.25) is 11.8 Å². The molecule has 5 rings (SSSR count). The molecular weight excluding hydrogens is 468 g/mol. The van der Waals surface area contributed by atoms with Gasteiger partial charge in [-0.25, -0.2) is 9.50 Å². The number of para-hydroxylation sites is 1. The number of anilines is 1. The number of fused-ring (bicyclic) bond motifs is 1. The van der Waals surface area contributed by atoms with Crippen molar-refractivity contribution in [2.45, 2.75) is 45.6 Å². The van der Waals surface area contributed by atoms with Crippen molar-refractivity contribution in [2.75, 3.05) is 19.5 Å². The van der Waals surface area contributed by atoms with Gasteiger partial charge in [-0.3, -0.25) is 4.79 Å². The van der Waals surface area contributed by atoms with E-state index in [2.05, 4.69) is 20.4 Å². The fourth-order valence-electron chi connectivity index (χ4n) is 4.88. The van der Waals surface area contributed by atoms with Crippen molar-refractivity contribution >= 4 is 17.5 Å². The Morgan fingerprint density at radius 3 is 2.76 bits per heavy atom. The predicted molar refractivity (Wildman–Crippen MR) is 142 cm³/mol. The minimum atomic E-state index is -0.277. The number of methoxy groups -OCH3 is 1. The molecule has 192 valence electrons. The zero-order chi connectivity index (χ0) is 25.8. The number of hydrogen-bond acceptors (Lipinski definition) is 7. The van der Waals surface area contributed by atoms with Crippen LogP contribution < -0.4 is 20.5 Å². The lowest BCUT2D eigenvalue weighted by atomic mass is 9.90. The topological polar surface area (TPSA) is 117 Å². The highest BCUT2D eigenvalue weighted by molar-refractivity contribution is 5.97. The molecule has 0 atom stereocenters. The SMILES string of the molecule is COc1nc(C)c(-c2ccn3nc(N)nc3c2)cc1C(=O)NCc1ccccc1OCC1CCCCC1. The zero-order valence-electron chi connectivity index (χ0n) is 21.2. The highest BCUT2D eigenvalue weighted by atomic mass is 16.5. The van der Waals surface area contributed by atoms with E-state index in [1.54, 1.807) is 16.8 Å². The molecule has 9 nitrogen and oxygen atoms in total. The van der Waals surface area contributed by atoms with Gasteiger partial charge < -0.3 is 20.5 Å². The van der Waals surface area contributed by atoms with Gasteiger partial charge in [0, 0.05) is 29.6 Å². The molecule has 1 amide bonds. The Labute approximate surface area is 216 Å². The van der Waals surface area contributed by atoms with E-state index in [-0.39, 0.29) is 17.7 Å². The van der Waals surface area contributed by atoms with Crippen LogP contribution in [0, 0.1) is 12.8 Å². The third kappa shape index (κ3) is 5.50. The quantitative estimate of drug-likeness (QED) is 0.364. The number of hydrogen-bond donors (Lipinski definition) is 2. The van der Waals surface area contributed by atoms with Crippen molar-refractivity contribution in [3.8, 4) is 22.8 Å². The van der Waals surface area contributed by atoms with E-state index >= 15 is 0 Å². The first-order chi connectivity index (χ1) is 18.0. The number of aromatic nitrogens is 4. The maximum absolute atomic E-state index is 13.3. The standard InChI is InChI=1S/C28H32N6O3/c1-18-22(20-12-13-34-25(14-20)32-28(29)33-34)15-23(27(31-18)36-2)26(35)30-16-21-10-6-7-11-24(21)37-17-19-8-4-3-5-9-19/h6-7,10-15,19H,3-5,8-9,16-17H2,1-2H3,(H2,29,33)(H,30,35). The lowest BCUT2D eigenvalue weighted by Gasteiger charge is -2.22. The maximum atomic E-state index is 13.3. The van der Waals surface area contributed by atoms with Crippen LogP contribution in [0.3, 0.4) is 0 Å². The van der Waals surface area contributed by atoms with E-state index in [0.29, 0.717) is 30.3 Å². The van der Waals surface area contributed by atoms with Crippen LogP contribution in [0.1, 0.15) is 53.7 Å². The van der Waals surface area contributed by atoms with Gasteiger partial charge in [-0.1, -0.05) is 37.5 Å². The molecule has 0 spiro atoms. The Hall–Kier alpha value is -4.14. The number of nitrogens with two attached hydrogens (primary N) is 1. The Morgan fingerprint density at radius 1 is 1.14 bits per heavy atom. The number of carbonyl (C=O) groups is 1. The number of aryl methyl sites for hydroxylation is 1. The number of benzene rings is 1. The summed E-state index contributed by atoms with van der Waals surface area (Å²) in [4.78, 5) is 22.1. The summed E-state index contributed by atoms with van der Waals surface area (Å²) < 4.78 is 13.2. The number of rotatable bonds is 8. The van der Waals surface area contributed by atoms with Crippen molar-refractivity contribution in [3.05, 3.63) is 65.5 Å². The fraction of sp³-hybridized carbons (Fsp3) is 0.357. The molecule has 0 unspecified atom stereocenters. The zero-order valence-corrected chi connectivity index (χ0v) is 21.2. The summed E-state index contributed by atoms with van der Waals surface area (Å²) in [5, 5.41) is 7.13. The van der Waals surface area contributed by atoms with Gasteiger partial charge in [0.15, 0.2) is 5.65 Å². The van der Waals surface area contributed by atoms with Gasteiger partial charge in [0.1, 0.15) is 11.3 Å². The van der Waals surface area contributed by atoms with E-state index in [4.69, 9.17) is 15.2 Å². The summed E-state index contributed by atoms with van der Waals surface area (Å²) in [5.41, 5.74) is 10.00. The van der Waals surface area contributed by atoms with Crippen LogP contribution in [-0.4, -0.2) is 39.2 Å². The lowest BCUT2D eigenvalue weighted by molar-refractivity contribution is 0.0946. The fourth-order valence-corrected chi connectivity index (χ4v) is 4.88. The summed E-state index contributed by atoms with van der Waals surface area (Å²) >= 11 is 0. The van der Waals surface area contributed by atoms with E-state index < -0.39 is 0 Å². The molecule has 1 aliphatic rings. The molecule has 1 aromatic carbocycles. The maximum Gasteiger partial charge on any atom is 0.257 e. The number of amides is 1. The molecule has 4 aromatic rings. The predicted octanol–water partition coefficient (Wildman–Crippen LogP) is 4.58. The smallest absolute Gasteiger partial charge is 0.257 e. The van der Waals surface area contributed by atoms with Crippen LogP contribution in [0.2, 0.25) is 0 Å². The number of nitrogens with one attached hydrogen (secondary N) is 1. The largest absolute Gasteiger partial charge is 0.493 e. The molecule has 1 saturated carbocycles. The van der Waals surface area contributed by atoms with Gasteiger partial charge >= 0.3 is 0 Å². The molecule has 3 aromatic heterocycles. The second-order valence-corrected chi connectivity index (χ2v) is 9.47. The summed E-state index contributed by atoms with van der Waals surface area (Å²) in [5.74, 6) is 1.61. The molecule has 1 fully saturated rings. The van der Waals surface area contributed by atoms with Crippen molar-refractivity contribution in [1.82, 2.24) is 24.9 Å². The minimum absolute atomic E-state index is 0.199. The molecular formula is C28H32N6O3. The van der Waals surface area contributed by atoms with Crippen molar-refractivity contribution < 1.29 is 14.3 Å². The Bertz CT molecular complexity index is 1410. The van der Waals surface area contributed by atoms with Gasteiger partial charge in [-0.15, -0.1) is 5.10 Å². The second-order valence-electron chi connectivity index (χ2n) is 9.47. The average Bonchev–Trinajstić information content (AvgIpc) is 3.30. The van der Waals surface area contributed by atoms with Crippen molar-refractivity contribution in [1.29, 1.82) is 0 Å². The van der Waals surface area contributed by atoms with Gasteiger partial charge in [-0.2, -0.15) is 4.98 Å². The lowest BCUT2D eigenvalue weighted by Crippen LogP contribution is -2.24. The van der Waals surface area contributed by atoms with Crippen LogP contribution in [0.25, 0.3) is 16.8 Å². The Balaban J connectivity index is 1.34. The number of nitrogen functional groups attached to an aromatic ring is 1. The molecule has 0 saturated heterocycles. The van der Waals surface area contributed by atoms with Gasteiger partial charge in [0.05, 0.1) is 13.7 Å². The number of carbonyl (C=O) groups excluding carboxylic acids is 1. The van der Waals surface area contributed by atoms with Crippen LogP contribution in [0.4, 0.5) is 5.95 Å². The first kappa shape index (κ1) is 24.5. The second kappa shape index (κ2) is 10.9. The Morgan fingerprint density at radius 2 is 1.95 bits per heavy atom. The monoisotopic (exact) mass is 500 g/mol. The van der Waals surface area contributed by atoms with Crippen LogP contribution in [0.5, 0.6) is 11.6 Å². The third-order valence-electron chi connectivity index (χ3n) is 6.89. The van der Waals surface area contributed by atoms with Crippen LogP contribution in [-0.2, 0) is 6.54 Å². The summed E-state index contributed by atoms with van der Waals surface area (Å²) in [6, 6.07) is 13.4. The van der Waals surface area contributed by atoms with Crippen LogP contribution >= 0.6 is 0 Å². The highest BCUT2D eigenvalue weighted by Gasteiger charge is 2.19. The number of nitrogens with zero attached hydrogens (tertiary/aromatic N) is 4.